The summed E-state index contributed by atoms with van der Waals surface area (Å²) in [6.07, 6.45) is 3.75. The molecule has 0 spiro atoms. The van der Waals surface area contributed by atoms with Crippen LogP contribution in [0.4, 0.5) is 0 Å². The number of hydrogen-bond acceptors (Lipinski definition) is 3. The first-order valence-electron chi connectivity index (χ1n) is 4.94. The summed E-state index contributed by atoms with van der Waals surface area (Å²) in [6.45, 7) is 1.82. The quantitative estimate of drug-likeness (QED) is 0.574. The smallest absolute Gasteiger partial charge is 0.166 e. The van der Waals surface area contributed by atoms with Gasteiger partial charge in [0.05, 0.1) is 4.90 Å². The number of aryl methyl sites for hydroxylation is 1. The van der Waals surface area contributed by atoms with E-state index in [2.05, 4.69) is 4.98 Å². The van der Waals surface area contributed by atoms with Crippen LogP contribution >= 0.6 is 0 Å². The molecule has 1 radical (unpaired) electrons. The van der Waals surface area contributed by atoms with Crippen molar-refractivity contribution in [2.45, 2.75) is 11.8 Å². The van der Waals surface area contributed by atoms with Gasteiger partial charge in [-0.15, -0.1) is 0 Å². The summed E-state index contributed by atoms with van der Waals surface area (Å²) in [5, 5.41) is 0. The molecule has 0 unspecified atom stereocenters. The van der Waals surface area contributed by atoms with E-state index in [0.29, 0.717) is 0 Å². The standard InChI is InChI=1S/C7H8O3S.C5H5N.Rh/c1-6-2-4-7(5-3-6)11(8,9)10;1-2-4-6-5-3-1;/h2-5H,1H3,(H,8,9,10);1-5H;. The molecule has 1 aromatic heterocycles. The Morgan fingerprint density at radius 3 is 1.78 bits per heavy atom. The largest absolute Gasteiger partial charge is 0.744 e. The van der Waals surface area contributed by atoms with Crippen LogP contribution in [0.15, 0.2) is 59.8 Å². The number of aromatic amines is 1. The van der Waals surface area contributed by atoms with Crippen molar-refractivity contribution in [3.8, 4) is 0 Å². The molecule has 2 aromatic rings. The number of benzene rings is 1. The molecule has 1 aromatic carbocycles. The van der Waals surface area contributed by atoms with Crippen molar-refractivity contribution in [1.82, 2.24) is 0 Å². The van der Waals surface area contributed by atoms with Gasteiger partial charge in [-0.1, -0.05) is 23.8 Å². The van der Waals surface area contributed by atoms with Crippen LogP contribution in [0.2, 0.25) is 0 Å². The van der Waals surface area contributed by atoms with Gasteiger partial charge in [0.15, 0.2) is 12.4 Å². The maximum absolute atomic E-state index is 10.4. The van der Waals surface area contributed by atoms with E-state index in [9.17, 15) is 13.0 Å². The zero-order valence-electron chi connectivity index (χ0n) is 9.66. The van der Waals surface area contributed by atoms with Gasteiger partial charge in [0.2, 0.25) is 0 Å². The summed E-state index contributed by atoms with van der Waals surface area (Å²) < 4.78 is 31.2. The zero-order chi connectivity index (χ0) is 12.7. The van der Waals surface area contributed by atoms with Crippen molar-refractivity contribution >= 4 is 10.1 Å². The van der Waals surface area contributed by atoms with Crippen LogP contribution in [-0.2, 0) is 29.6 Å². The van der Waals surface area contributed by atoms with Crippen molar-refractivity contribution in [3.05, 3.63) is 60.4 Å². The molecule has 0 saturated heterocycles. The van der Waals surface area contributed by atoms with E-state index in [1.54, 1.807) is 12.1 Å². The van der Waals surface area contributed by atoms with Crippen molar-refractivity contribution in [1.29, 1.82) is 0 Å². The molecule has 18 heavy (non-hydrogen) atoms. The van der Waals surface area contributed by atoms with Crippen molar-refractivity contribution in [3.63, 3.8) is 0 Å². The summed E-state index contributed by atoms with van der Waals surface area (Å²) in [5.74, 6) is 0. The van der Waals surface area contributed by atoms with E-state index in [1.165, 1.54) is 12.1 Å². The zero-order valence-corrected chi connectivity index (χ0v) is 12.1. The van der Waals surface area contributed by atoms with Gasteiger partial charge in [-0.3, -0.25) is 0 Å². The number of H-pyrrole nitrogens is 1. The molecule has 0 fully saturated rings. The third-order valence-electron chi connectivity index (χ3n) is 1.92. The fraction of sp³-hybridized carbons (Fsp3) is 0.0833. The summed E-state index contributed by atoms with van der Waals surface area (Å²) in [5.41, 5.74) is 0.928. The second-order valence-corrected chi connectivity index (χ2v) is 4.72. The maximum atomic E-state index is 10.4. The second kappa shape index (κ2) is 8.08. The molecule has 0 aliphatic rings. The van der Waals surface area contributed by atoms with Crippen LogP contribution in [-0.4, -0.2) is 13.0 Å². The Morgan fingerprint density at radius 2 is 1.50 bits per heavy atom. The first kappa shape index (κ1) is 16.9. The third kappa shape index (κ3) is 6.59. The molecule has 6 heteroatoms. The Labute approximate surface area is 120 Å². The van der Waals surface area contributed by atoms with Gasteiger partial charge < -0.3 is 4.55 Å². The Balaban J connectivity index is 0.000000352. The fourth-order valence-corrected chi connectivity index (χ4v) is 1.52. The van der Waals surface area contributed by atoms with Crippen LogP contribution in [0.3, 0.4) is 0 Å². The van der Waals surface area contributed by atoms with Gasteiger partial charge >= 0.3 is 0 Å². The van der Waals surface area contributed by atoms with Crippen LogP contribution in [0.1, 0.15) is 5.56 Å². The topological polar surface area (TPSA) is 71.3 Å². The monoisotopic (exact) mass is 354 g/mol. The van der Waals surface area contributed by atoms with E-state index in [1.807, 2.05) is 37.5 Å². The van der Waals surface area contributed by atoms with Crippen LogP contribution < -0.4 is 4.98 Å². The van der Waals surface area contributed by atoms with Gasteiger partial charge in [-0.2, -0.15) is 0 Å². The Kier molecular flexibility index (Phi) is 7.59. The molecule has 1 heterocycles. The first-order chi connectivity index (χ1) is 8.00. The van der Waals surface area contributed by atoms with Crippen LogP contribution in [0, 0.1) is 6.92 Å². The van der Waals surface area contributed by atoms with Crippen LogP contribution in [0.25, 0.3) is 0 Å². The predicted octanol–water partition coefficient (Wildman–Crippen LogP) is 1.40. The fourth-order valence-electron chi connectivity index (χ4n) is 1.05. The van der Waals surface area contributed by atoms with Gasteiger partial charge in [0, 0.05) is 31.6 Å². The van der Waals surface area contributed by atoms with Crippen molar-refractivity contribution in [2.75, 3.05) is 0 Å². The van der Waals surface area contributed by atoms with E-state index in [-0.39, 0.29) is 24.4 Å². The molecular formula is C12H13NO3RhS. The molecule has 0 aliphatic heterocycles. The minimum absolute atomic E-state index is 0. The van der Waals surface area contributed by atoms with E-state index in [4.69, 9.17) is 0 Å². The van der Waals surface area contributed by atoms with Gasteiger partial charge in [0.25, 0.3) is 0 Å². The number of hydrogen-bond donors (Lipinski definition) is 0. The average molecular weight is 354 g/mol. The first-order valence-corrected chi connectivity index (χ1v) is 6.34. The third-order valence-corrected chi connectivity index (χ3v) is 2.77. The normalized spacial score (nSPS) is 9.67. The van der Waals surface area contributed by atoms with E-state index < -0.39 is 10.1 Å². The molecule has 0 saturated carbocycles. The number of pyridine rings is 1. The van der Waals surface area contributed by atoms with E-state index in [0.717, 1.165) is 5.56 Å². The summed E-state index contributed by atoms with van der Waals surface area (Å²) in [7, 11) is -4.27. The predicted molar refractivity (Wildman–Crippen MR) is 62.1 cm³/mol. The molecule has 2 rings (SSSR count). The Morgan fingerprint density at radius 1 is 1.00 bits per heavy atom. The molecule has 0 bridgehead atoms. The number of rotatable bonds is 1. The number of nitrogens with one attached hydrogen (secondary N) is 1. The Bertz CT molecular complexity index is 515. The molecule has 99 valence electrons. The SMILES string of the molecule is Cc1ccc(S(=O)(=O)[O-])cc1.[Rh].c1cc[nH+]cc1. The maximum Gasteiger partial charge on any atom is 0.166 e. The van der Waals surface area contributed by atoms with Crippen molar-refractivity contribution in [2.24, 2.45) is 0 Å². The average Bonchev–Trinajstić information content (AvgIpc) is 2.31. The minimum Gasteiger partial charge on any atom is -0.744 e. The van der Waals surface area contributed by atoms with Gasteiger partial charge in [0.1, 0.15) is 10.1 Å². The molecule has 0 atom stereocenters. The Hall–Kier alpha value is -1.10. The molecular weight excluding hydrogens is 341 g/mol. The number of aromatic nitrogens is 1. The van der Waals surface area contributed by atoms with Gasteiger partial charge in [-0.05, 0) is 19.1 Å². The second-order valence-electron chi connectivity index (χ2n) is 3.34. The summed E-state index contributed by atoms with van der Waals surface area (Å²) in [6, 6.07) is 11.6. The van der Waals surface area contributed by atoms with Crippen LogP contribution in [0.5, 0.6) is 0 Å². The summed E-state index contributed by atoms with van der Waals surface area (Å²) >= 11 is 0. The molecule has 1 N–H and O–H groups in total. The van der Waals surface area contributed by atoms with Gasteiger partial charge in [-0.25, -0.2) is 13.4 Å². The summed E-state index contributed by atoms with van der Waals surface area (Å²) in [4.78, 5) is 2.71. The molecule has 0 amide bonds. The molecule has 0 aliphatic carbocycles. The van der Waals surface area contributed by atoms with E-state index >= 15 is 0 Å². The van der Waals surface area contributed by atoms with Crippen molar-refractivity contribution < 1.29 is 37.4 Å². The molecule has 4 nitrogen and oxygen atoms in total. The minimum atomic E-state index is -4.27.